The third kappa shape index (κ3) is 1.86. The van der Waals surface area contributed by atoms with Crippen LogP contribution in [0.1, 0.15) is 12.0 Å². The van der Waals surface area contributed by atoms with E-state index in [0.29, 0.717) is 6.61 Å². The Morgan fingerprint density at radius 1 is 1.25 bits per heavy atom. The van der Waals surface area contributed by atoms with Gasteiger partial charge in [-0.15, -0.1) is 0 Å². The maximum atomic E-state index is 9.13. The molecule has 1 aliphatic heterocycles. The SMILES string of the molecule is OC[C@@H]1C[C@@H](OCc2ccccc2)[C@H]2O[C@@H]12. The second kappa shape index (κ2) is 4.17. The molecule has 4 atom stereocenters. The fraction of sp³-hybridized carbons (Fsp3) is 0.538. The Morgan fingerprint density at radius 2 is 2.06 bits per heavy atom. The van der Waals surface area contributed by atoms with Crippen molar-refractivity contribution < 1.29 is 14.6 Å². The number of aliphatic hydroxyl groups is 1. The van der Waals surface area contributed by atoms with Crippen LogP contribution in [0.15, 0.2) is 30.3 Å². The average Bonchev–Trinajstić information content (AvgIpc) is 3.05. The average molecular weight is 220 g/mol. The number of hydrogen-bond donors (Lipinski definition) is 1. The summed E-state index contributed by atoms with van der Waals surface area (Å²) < 4.78 is 11.3. The summed E-state index contributed by atoms with van der Waals surface area (Å²) >= 11 is 0. The monoisotopic (exact) mass is 220 g/mol. The van der Waals surface area contributed by atoms with Crippen LogP contribution in [0.2, 0.25) is 0 Å². The molecule has 3 nitrogen and oxygen atoms in total. The van der Waals surface area contributed by atoms with Crippen molar-refractivity contribution in [2.24, 2.45) is 5.92 Å². The number of ether oxygens (including phenoxy) is 2. The number of benzene rings is 1. The van der Waals surface area contributed by atoms with Gasteiger partial charge >= 0.3 is 0 Å². The van der Waals surface area contributed by atoms with Crippen LogP contribution in [-0.2, 0) is 16.1 Å². The van der Waals surface area contributed by atoms with Crippen LogP contribution >= 0.6 is 0 Å². The van der Waals surface area contributed by atoms with Crippen molar-refractivity contribution in [3.05, 3.63) is 35.9 Å². The second-order valence-electron chi connectivity index (χ2n) is 4.58. The number of fused-ring (bicyclic) bond motifs is 1. The third-order valence-electron chi connectivity index (χ3n) is 3.47. The van der Waals surface area contributed by atoms with Crippen LogP contribution in [0.3, 0.4) is 0 Å². The highest BCUT2D eigenvalue weighted by Crippen LogP contribution is 2.44. The van der Waals surface area contributed by atoms with E-state index in [1.807, 2.05) is 18.2 Å². The van der Waals surface area contributed by atoms with Gasteiger partial charge in [-0.05, 0) is 12.0 Å². The molecule has 0 radical (unpaired) electrons. The molecule has 1 saturated heterocycles. The van der Waals surface area contributed by atoms with Crippen LogP contribution in [0.5, 0.6) is 0 Å². The highest BCUT2D eigenvalue weighted by molar-refractivity contribution is 5.14. The lowest BCUT2D eigenvalue weighted by molar-refractivity contribution is 0.00116. The number of hydrogen-bond acceptors (Lipinski definition) is 3. The zero-order valence-electron chi connectivity index (χ0n) is 9.08. The first kappa shape index (κ1) is 10.3. The molecule has 0 bridgehead atoms. The molecule has 0 aromatic heterocycles. The minimum absolute atomic E-state index is 0.169. The van der Waals surface area contributed by atoms with E-state index in [0.717, 1.165) is 6.42 Å². The molecular weight excluding hydrogens is 204 g/mol. The van der Waals surface area contributed by atoms with Gasteiger partial charge in [-0.3, -0.25) is 0 Å². The minimum Gasteiger partial charge on any atom is -0.396 e. The molecule has 1 aromatic rings. The molecule has 3 heteroatoms. The van der Waals surface area contributed by atoms with E-state index < -0.39 is 0 Å². The van der Waals surface area contributed by atoms with Gasteiger partial charge < -0.3 is 14.6 Å². The summed E-state index contributed by atoms with van der Waals surface area (Å²) in [6, 6.07) is 10.1. The van der Waals surface area contributed by atoms with Crippen molar-refractivity contribution in [2.45, 2.75) is 31.3 Å². The summed E-state index contributed by atoms with van der Waals surface area (Å²) in [6.07, 6.45) is 1.59. The molecule has 16 heavy (non-hydrogen) atoms. The van der Waals surface area contributed by atoms with Crippen molar-refractivity contribution in [1.29, 1.82) is 0 Å². The van der Waals surface area contributed by atoms with E-state index in [9.17, 15) is 0 Å². The lowest BCUT2D eigenvalue weighted by Crippen LogP contribution is -2.18. The van der Waals surface area contributed by atoms with Gasteiger partial charge in [0.25, 0.3) is 0 Å². The first-order chi connectivity index (χ1) is 7.88. The van der Waals surface area contributed by atoms with E-state index in [2.05, 4.69) is 12.1 Å². The van der Waals surface area contributed by atoms with E-state index in [1.54, 1.807) is 0 Å². The summed E-state index contributed by atoms with van der Waals surface area (Å²) in [4.78, 5) is 0. The Bertz CT molecular complexity index is 351. The normalized spacial score (nSPS) is 36.1. The molecule has 1 saturated carbocycles. The largest absolute Gasteiger partial charge is 0.396 e. The van der Waals surface area contributed by atoms with Crippen molar-refractivity contribution in [1.82, 2.24) is 0 Å². The molecule has 3 rings (SSSR count). The summed E-state index contributed by atoms with van der Waals surface area (Å²) in [5.41, 5.74) is 1.19. The van der Waals surface area contributed by atoms with Crippen molar-refractivity contribution >= 4 is 0 Å². The van der Waals surface area contributed by atoms with Gasteiger partial charge in [0.2, 0.25) is 0 Å². The number of rotatable bonds is 4. The van der Waals surface area contributed by atoms with Gasteiger partial charge in [0.1, 0.15) is 6.10 Å². The smallest absolute Gasteiger partial charge is 0.111 e. The first-order valence-corrected chi connectivity index (χ1v) is 5.80. The third-order valence-corrected chi connectivity index (χ3v) is 3.47. The molecule has 0 unspecified atom stereocenters. The lowest BCUT2D eigenvalue weighted by atomic mass is 10.1. The Morgan fingerprint density at radius 3 is 2.75 bits per heavy atom. The molecule has 2 aliphatic rings. The molecule has 1 heterocycles. The van der Waals surface area contributed by atoms with E-state index >= 15 is 0 Å². The van der Waals surface area contributed by atoms with Gasteiger partial charge in [0, 0.05) is 12.5 Å². The predicted molar refractivity (Wildman–Crippen MR) is 58.9 cm³/mol. The Kier molecular flexibility index (Phi) is 2.67. The number of epoxide rings is 1. The molecule has 0 spiro atoms. The van der Waals surface area contributed by atoms with E-state index in [1.165, 1.54) is 5.56 Å². The van der Waals surface area contributed by atoms with Crippen molar-refractivity contribution in [3.8, 4) is 0 Å². The van der Waals surface area contributed by atoms with Gasteiger partial charge in [-0.2, -0.15) is 0 Å². The van der Waals surface area contributed by atoms with Gasteiger partial charge in [0.15, 0.2) is 0 Å². The van der Waals surface area contributed by atoms with E-state index in [-0.39, 0.29) is 30.8 Å². The first-order valence-electron chi connectivity index (χ1n) is 5.80. The maximum absolute atomic E-state index is 9.13. The quantitative estimate of drug-likeness (QED) is 0.779. The van der Waals surface area contributed by atoms with Crippen molar-refractivity contribution in [3.63, 3.8) is 0 Å². The van der Waals surface area contributed by atoms with Gasteiger partial charge in [-0.25, -0.2) is 0 Å². The van der Waals surface area contributed by atoms with E-state index in [4.69, 9.17) is 14.6 Å². The summed E-state index contributed by atoms with van der Waals surface area (Å²) in [5, 5.41) is 9.13. The molecular formula is C13H16O3. The lowest BCUT2D eigenvalue weighted by Gasteiger charge is -2.15. The Hall–Kier alpha value is -0.900. The zero-order valence-corrected chi connectivity index (χ0v) is 9.08. The summed E-state index contributed by atoms with van der Waals surface area (Å²) in [5.74, 6) is 0.283. The topological polar surface area (TPSA) is 42.0 Å². The standard InChI is InChI=1S/C13H16O3/c14-7-10-6-11(13-12(10)16-13)15-8-9-4-2-1-3-5-9/h1-5,10-14H,6-8H2/t10-,11+,12-,13+/m0/s1. The Balaban J connectivity index is 1.54. The predicted octanol–water partition coefficient (Wildman–Crippen LogP) is 1.35. The molecule has 1 aliphatic carbocycles. The van der Waals surface area contributed by atoms with Crippen molar-refractivity contribution in [2.75, 3.05) is 6.61 Å². The zero-order chi connectivity index (χ0) is 11.0. The molecule has 86 valence electrons. The second-order valence-corrected chi connectivity index (χ2v) is 4.58. The minimum atomic E-state index is 0.169. The fourth-order valence-corrected chi connectivity index (χ4v) is 2.50. The highest BCUT2D eigenvalue weighted by Gasteiger charge is 2.56. The van der Waals surface area contributed by atoms with Crippen LogP contribution in [0.4, 0.5) is 0 Å². The summed E-state index contributed by atoms with van der Waals surface area (Å²) in [7, 11) is 0. The molecule has 1 aromatic carbocycles. The molecule has 2 fully saturated rings. The van der Waals surface area contributed by atoms with Crippen LogP contribution < -0.4 is 0 Å². The van der Waals surface area contributed by atoms with Crippen LogP contribution in [-0.4, -0.2) is 30.0 Å². The maximum Gasteiger partial charge on any atom is 0.111 e. The Labute approximate surface area is 95.0 Å². The van der Waals surface area contributed by atoms with Gasteiger partial charge in [0.05, 0.1) is 18.8 Å². The van der Waals surface area contributed by atoms with Crippen LogP contribution in [0.25, 0.3) is 0 Å². The summed E-state index contributed by atoms with van der Waals surface area (Å²) in [6.45, 7) is 0.850. The fourth-order valence-electron chi connectivity index (χ4n) is 2.50. The van der Waals surface area contributed by atoms with Crippen LogP contribution in [0, 0.1) is 5.92 Å². The molecule has 1 N–H and O–H groups in total. The molecule has 0 amide bonds. The highest BCUT2D eigenvalue weighted by atomic mass is 16.6. The number of aliphatic hydroxyl groups excluding tert-OH is 1. The van der Waals surface area contributed by atoms with Gasteiger partial charge in [-0.1, -0.05) is 30.3 Å².